The molecule has 4 nitrogen and oxygen atoms in total. The van der Waals surface area contributed by atoms with Gasteiger partial charge in [0.2, 0.25) is 5.91 Å². The molecule has 1 aromatic heterocycles. The molecule has 0 spiro atoms. The molecule has 110 valence electrons. The number of hydrogen-bond donors (Lipinski definition) is 2. The second kappa shape index (κ2) is 7.28. The van der Waals surface area contributed by atoms with Gasteiger partial charge in [0.05, 0.1) is 5.56 Å². The van der Waals surface area contributed by atoms with Gasteiger partial charge >= 0.3 is 0 Å². The fraction of sp³-hybridized carbons (Fsp3) is 0.200. The standard InChI is InChI=1S/C15H16N2O2S2/c1-10(14(16)18)17-15(19)12-6-2-3-7-13(12)21-9-11-5-4-8-20-11/h2-8,10H,9H2,1H3,(H2,16,18)(H,17,19). The molecule has 1 heterocycles. The number of carbonyl (C=O) groups is 2. The Kier molecular flexibility index (Phi) is 5.41. The van der Waals surface area contributed by atoms with Crippen molar-refractivity contribution in [3.63, 3.8) is 0 Å². The highest BCUT2D eigenvalue weighted by Crippen LogP contribution is 2.27. The molecule has 0 saturated heterocycles. The second-order valence-corrected chi connectivity index (χ2v) is 6.51. The first-order valence-corrected chi connectivity index (χ1v) is 8.29. The maximum atomic E-state index is 12.2. The van der Waals surface area contributed by atoms with Crippen LogP contribution in [-0.4, -0.2) is 17.9 Å². The first-order chi connectivity index (χ1) is 10.1. The van der Waals surface area contributed by atoms with Crippen LogP contribution < -0.4 is 11.1 Å². The molecule has 21 heavy (non-hydrogen) atoms. The van der Waals surface area contributed by atoms with Crippen molar-refractivity contribution in [2.24, 2.45) is 5.73 Å². The molecule has 0 aliphatic carbocycles. The number of hydrogen-bond acceptors (Lipinski definition) is 4. The number of nitrogens with one attached hydrogen (secondary N) is 1. The van der Waals surface area contributed by atoms with Crippen LogP contribution in [0.25, 0.3) is 0 Å². The van der Waals surface area contributed by atoms with Gasteiger partial charge in [0.15, 0.2) is 0 Å². The van der Waals surface area contributed by atoms with Gasteiger partial charge in [-0.15, -0.1) is 23.1 Å². The molecule has 1 unspecified atom stereocenters. The Morgan fingerprint density at radius 2 is 2.05 bits per heavy atom. The average Bonchev–Trinajstić information content (AvgIpc) is 2.98. The van der Waals surface area contributed by atoms with Crippen molar-refractivity contribution in [1.82, 2.24) is 5.32 Å². The second-order valence-electron chi connectivity index (χ2n) is 4.46. The minimum Gasteiger partial charge on any atom is -0.368 e. The maximum absolute atomic E-state index is 12.2. The van der Waals surface area contributed by atoms with E-state index in [1.54, 1.807) is 42.2 Å². The third-order valence-electron chi connectivity index (χ3n) is 2.86. The lowest BCUT2D eigenvalue weighted by Crippen LogP contribution is -2.42. The summed E-state index contributed by atoms with van der Waals surface area (Å²) in [6.45, 7) is 1.57. The van der Waals surface area contributed by atoms with Crippen LogP contribution in [0.3, 0.4) is 0 Å². The van der Waals surface area contributed by atoms with E-state index in [1.165, 1.54) is 4.88 Å². The molecule has 0 saturated carbocycles. The first-order valence-electron chi connectivity index (χ1n) is 6.42. The van der Waals surface area contributed by atoms with Crippen molar-refractivity contribution >= 4 is 34.9 Å². The van der Waals surface area contributed by atoms with Crippen molar-refractivity contribution in [2.75, 3.05) is 0 Å². The largest absolute Gasteiger partial charge is 0.368 e. The Hall–Kier alpha value is -1.79. The van der Waals surface area contributed by atoms with Crippen LogP contribution in [0.15, 0.2) is 46.7 Å². The van der Waals surface area contributed by atoms with Crippen LogP contribution in [0.1, 0.15) is 22.2 Å². The van der Waals surface area contributed by atoms with Gasteiger partial charge < -0.3 is 11.1 Å². The van der Waals surface area contributed by atoms with Crippen LogP contribution in [0, 0.1) is 0 Å². The lowest BCUT2D eigenvalue weighted by Gasteiger charge is -2.12. The highest BCUT2D eigenvalue weighted by atomic mass is 32.2. The van der Waals surface area contributed by atoms with Crippen molar-refractivity contribution in [1.29, 1.82) is 0 Å². The number of thioether (sulfide) groups is 1. The molecule has 2 rings (SSSR count). The summed E-state index contributed by atoms with van der Waals surface area (Å²) >= 11 is 3.29. The summed E-state index contributed by atoms with van der Waals surface area (Å²) < 4.78 is 0. The number of carbonyl (C=O) groups excluding carboxylic acids is 2. The Morgan fingerprint density at radius 1 is 1.29 bits per heavy atom. The van der Waals surface area contributed by atoms with Crippen molar-refractivity contribution in [3.05, 3.63) is 52.2 Å². The molecule has 0 fully saturated rings. The number of rotatable bonds is 6. The number of benzene rings is 1. The van der Waals surface area contributed by atoms with Crippen LogP contribution in [0.4, 0.5) is 0 Å². The number of primary amides is 1. The summed E-state index contributed by atoms with van der Waals surface area (Å²) in [6.07, 6.45) is 0. The Labute approximate surface area is 131 Å². The van der Waals surface area contributed by atoms with E-state index in [2.05, 4.69) is 11.4 Å². The fourth-order valence-electron chi connectivity index (χ4n) is 1.67. The Morgan fingerprint density at radius 3 is 2.71 bits per heavy atom. The molecule has 0 aliphatic rings. The van der Waals surface area contributed by atoms with Crippen LogP contribution in [0.5, 0.6) is 0 Å². The highest BCUT2D eigenvalue weighted by molar-refractivity contribution is 7.98. The van der Waals surface area contributed by atoms with Crippen LogP contribution >= 0.6 is 23.1 Å². The van der Waals surface area contributed by atoms with Gasteiger partial charge in [0.1, 0.15) is 6.04 Å². The molecule has 2 amide bonds. The van der Waals surface area contributed by atoms with E-state index in [0.717, 1.165) is 10.6 Å². The van der Waals surface area contributed by atoms with Gasteiger partial charge in [-0.25, -0.2) is 0 Å². The van der Waals surface area contributed by atoms with Gasteiger partial charge in [-0.3, -0.25) is 9.59 Å². The topological polar surface area (TPSA) is 72.2 Å². The predicted octanol–water partition coefficient (Wildman–Crippen LogP) is 2.64. The zero-order chi connectivity index (χ0) is 15.2. The summed E-state index contributed by atoms with van der Waals surface area (Å²) in [5.41, 5.74) is 5.73. The van der Waals surface area contributed by atoms with E-state index in [1.807, 2.05) is 23.6 Å². The molecular weight excluding hydrogens is 304 g/mol. The van der Waals surface area contributed by atoms with E-state index in [9.17, 15) is 9.59 Å². The van der Waals surface area contributed by atoms with Gasteiger partial charge in [-0.1, -0.05) is 18.2 Å². The molecule has 0 radical (unpaired) electrons. The minimum absolute atomic E-state index is 0.282. The van der Waals surface area contributed by atoms with Gasteiger partial charge in [-0.2, -0.15) is 0 Å². The van der Waals surface area contributed by atoms with E-state index in [4.69, 9.17) is 5.73 Å². The Balaban J connectivity index is 2.08. The molecular formula is C15H16N2O2S2. The van der Waals surface area contributed by atoms with E-state index < -0.39 is 11.9 Å². The zero-order valence-corrected chi connectivity index (χ0v) is 13.2. The van der Waals surface area contributed by atoms with Crippen LogP contribution in [0.2, 0.25) is 0 Å². The third kappa shape index (κ3) is 4.34. The molecule has 6 heteroatoms. The van der Waals surface area contributed by atoms with Crippen molar-refractivity contribution in [3.8, 4) is 0 Å². The first kappa shape index (κ1) is 15.6. The van der Waals surface area contributed by atoms with Crippen LogP contribution in [-0.2, 0) is 10.5 Å². The lowest BCUT2D eigenvalue weighted by atomic mass is 10.2. The van der Waals surface area contributed by atoms with Gasteiger partial charge in [0.25, 0.3) is 5.91 Å². The number of thiophene rings is 1. The van der Waals surface area contributed by atoms with Gasteiger partial charge in [0, 0.05) is 15.5 Å². The monoisotopic (exact) mass is 320 g/mol. The molecule has 0 bridgehead atoms. The molecule has 3 N–H and O–H groups in total. The molecule has 2 aromatic rings. The summed E-state index contributed by atoms with van der Waals surface area (Å²) in [5, 5.41) is 4.64. The third-order valence-corrected chi connectivity index (χ3v) is 5.04. The summed E-state index contributed by atoms with van der Waals surface area (Å²) in [4.78, 5) is 25.4. The summed E-state index contributed by atoms with van der Waals surface area (Å²) in [5.74, 6) is -0.0180. The predicted molar refractivity (Wildman–Crippen MR) is 86.4 cm³/mol. The highest BCUT2D eigenvalue weighted by Gasteiger charge is 2.16. The number of amides is 2. The van der Waals surface area contributed by atoms with Crippen molar-refractivity contribution < 1.29 is 9.59 Å². The maximum Gasteiger partial charge on any atom is 0.253 e. The van der Waals surface area contributed by atoms with Gasteiger partial charge in [-0.05, 0) is 30.5 Å². The fourth-order valence-corrected chi connectivity index (χ4v) is 3.49. The normalized spacial score (nSPS) is 11.9. The van der Waals surface area contributed by atoms with E-state index in [0.29, 0.717) is 5.56 Å². The molecule has 1 aromatic carbocycles. The lowest BCUT2D eigenvalue weighted by molar-refractivity contribution is -0.119. The summed E-state index contributed by atoms with van der Waals surface area (Å²) in [6, 6.07) is 10.7. The minimum atomic E-state index is -0.687. The molecule has 0 aliphatic heterocycles. The smallest absolute Gasteiger partial charge is 0.253 e. The quantitative estimate of drug-likeness (QED) is 0.804. The summed E-state index contributed by atoms with van der Waals surface area (Å²) in [7, 11) is 0. The average molecular weight is 320 g/mol. The van der Waals surface area contributed by atoms with Crippen molar-refractivity contribution in [2.45, 2.75) is 23.6 Å². The molecule has 1 atom stereocenters. The SMILES string of the molecule is CC(NC(=O)c1ccccc1SCc1cccs1)C(N)=O. The Bertz CT molecular complexity index is 626. The number of nitrogens with two attached hydrogens (primary N) is 1. The van der Waals surface area contributed by atoms with E-state index >= 15 is 0 Å². The van der Waals surface area contributed by atoms with E-state index in [-0.39, 0.29) is 5.91 Å². The zero-order valence-electron chi connectivity index (χ0n) is 11.5.